The summed E-state index contributed by atoms with van der Waals surface area (Å²) in [4.78, 5) is 10.9. The van der Waals surface area contributed by atoms with Gasteiger partial charge in [-0.3, -0.25) is 4.79 Å². The van der Waals surface area contributed by atoms with E-state index in [1.807, 2.05) is 0 Å². The number of hydrogen-bond acceptors (Lipinski definition) is 5. The highest BCUT2D eigenvalue weighted by atomic mass is 32.2. The molecular weight excluding hydrogens is 308 g/mol. The van der Waals surface area contributed by atoms with Crippen molar-refractivity contribution in [3.8, 4) is 11.3 Å². The molecule has 7 nitrogen and oxygen atoms in total. The maximum Gasteiger partial charge on any atom is 0.318 e. The molecule has 0 amide bonds. The van der Waals surface area contributed by atoms with Gasteiger partial charge in [0, 0.05) is 18.2 Å². The second-order valence-electron chi connectivity index (χ2n) is 4.35. The van der Waals surface area contributed by atoms with Gasteiger partial charge < -0.3 is 9.63 Å². The normalized spacial score (nSPS) is 11.5. The summed E-state index contributed by atoms with van der Waals surface area (Å²) in [6, 6.07) is 7.71. The van der Waals surface area contributed by atoms with E-state index in [1.54, 1.807) is 18.2 Å². The highest BCUT2D eigenvalue weighted by Gasteiger charge is 2.28. The molecule has 0 aliphatic heterocycles. The summed E-state index contributed by atoms with van der Waals surface area (Å²) in [6.07, 6.45) is 2.73. The molecule has 0 aliphatic rings. The predicted molar refractivity (Wildman–Crippen MR) is 78.5 cm³/mol. The van der Waals surface area contributed by atoms with Gasteiger partial charge in [0.2, 0.25) is 10.0 Å². The smallest absolute Gasteiger partial charge is 0.318 e. The summed E-state index contributed by atoms with van der Waals surface area (Å²) < 4.78 is 31.3. The van der Waals surface area contributed by atoms with E-state index < -0.39 is 22.5 Å². The van der Waals surface area contributed by atoms with Crippen LogP contribution in [-0.4, -0.2) is 42.0 Å². The number of aromatic nitrogens is 1. The lowest BCUT2D eigenvalue weighted by atomic mass is 10.2. The zero-order valence-corrected chi connectivity index (χ0v) is 12.4. The highest BCUT2D eigenvalue weighted by molar-refractivity contribution is 7.89. The van der Waals surface area contributed by atoms with Gasteiger partial charge >= 0.3 is 5.97 Å². The Labute approximate surface area is 127 Å². The molecule has 8 heteroatoms. The van der Waals surface area contributed by atoms with Crippen LogP contribution in [0.4, 0.5) is 0 Å². The molecule has 0 atom stereocenters. The van der Waals surface area contributed by atoms with Gasteiger partial charge in [0.1, 0.15) is 6.54 Å². The molecule has 0 bridgehead atoms. The fourth-order valence-corrected chi connectivity index (χ4v) is 3.49. The van der Waals surface area contributed by atoms with Gasteiger partial charge in [-0.05, 0) is 12.1 Å². The van der Waals surface area contributed by atoms with Crippen LogP contribution in [0, 0.1) is 0 Å². The first-order valence-electron chi connectivity index (χ1n) is 6.29. The van der Waals surface area contributed by atoms with Gasteiger partial charge in [-0.1, -0.05) is 23.4 Å². The van der Waals surface area contributed by atoms with Crippen molar-refractivity contribution in [1.29, 1.82) is 0 Å². The van der Waals surface area contributed by atoms with E-state index in [2.05, 4.69) is 11.7 Å². The first-order valence-corrected chi connectivity index (χ1v) is 7.73. The number of sulfonamides is 1. The molecule has 1 N–H and O–H groups in total. The van der Waals surface area contributed by atoms with Gasteiger partial charge in [-0.25, -0.2) is 8.42 Å². The zero-order valence-electron chi connectivity index (χ0n) is 11.5. The molecular formula is C14H14N2O5S. The molecule has 22 heavy (non-hydrogen) atoms. The number of nitrogens with zero attached hydrogens (tertiary/aromatic N) is 2. The van der Waals surface area contributed by atoms with Crippen molar-refractivity contribution < 1.29 is 22.8 Å². The van der Waals surface area contributed by atoms with Crippen LogP contribution >= 0.6 is 0 Å². The summed E-state index contributed by atoms with van der Waals surface area (Å²) in [7, 11) is -4.02. The van der Waals surface area contributed by atoms with Crippen LogP contribution in [0.2, 0.25) is 0 Å². The fourth-order valence-electron chi connectivity index (χ4n) is 1.93. The minimum absolute atomic E-state index is 0.0464. The number of aliphatic carboxylic acids is 1. The van der Waals surface area contributed by atoms with Gasteiger partial charge in [-0.15, -0.1) is 6.58 Å². The topological polar surface area (TPSA) is 101 Å². The lowest BCUT2D eigenvalue weighted by Gasteiger charge is -2.20. The Hall–Kier alpha value is -2.45. The Balaban J connectivity index is 2.53. The molecule has 116 valence electrons. The van der Waals surface area contributed by atoms with Crippen molar-refractivity contribution in [2.45, 2.75) is 4.90 Å². The second kappa shape index (κ2) is 6.54. The second-order valence-corrected chi connectivity index (χ2v) is 6.26. The van der Waals surface area contributed by atoms with Crippen molar-refractivity contribution in [3.63, 3.8) is 0 Å². The average molecular weight is 322 g/mol. The van der Waals surface area contributed by atoms with Crippen molar-refractivity contribution in [1.82, 2.24) is 9.46 Å². The lowest BCUT2D eigenvalue weighted by Crippen LogP contribution is -2.36. The number of rotatable bonds is 7. The molecule has 0 saturated heterocycles. The van der Waals surface area contributed by atoms with Crippen LogP contribution in [0.5, 0.6) is 0 Å². The Morgan fingerprint density at radius 1 is 1.36 bits per heavy atom. The lowest BCUT2D eigenvalue weighted by molar-refractivity contribution is -0.137. The van der Waals surface area contributed by atoms with Crippen LogP contribution in [0.3, 0.4) is 0 Å². The fraction of sp³-hybridized carbons (Fsp3) is 0.143. The van der Waals surface area contributed by atoms with E-state index in [-0.39, 0.29) is 17.2 Å². The molecule has 2 rings (SSSR count). The molecule has 0 fully saturated rings. The van der Waals surface area contributed by atoms with Crippen molar-refractivity contribution in [2.75, 3.05) is 13.1 Å². The molecule has 1 aromatic heterocycles. The first kappa shape index (κ1) is 15.9. The molecule has 2 aromatic rings. The third-order valence-corrected chi connectivity index (χ3v) is 4.72. The van der Waals surface area contributed by atoms with Gasteiger partial charge in [-0.2, -0.15) is 4.31 Å². The average Bonchev–Trinajstić information content (AvgIpc) is 3.00. The summed E-state index contributed by atoms with van der Waals surface area (Å²) in [5.74, 6) is -0.962. The largest absolute Gasteiger partial charge is 0.480 e. The number of carboxylic acids is 1. The summed E-state index contributed by atoms with van der Waals surface area (Å²) in [5, 5.41) is 12.5. The Morgan fingerprint density at radius 2 is 2.09 bits per heavy atom. The summed E-state index contributed by atoms with van der Waals surface area (Å²) in [5.41, 5.74) is 0.319. The van der Waals surface area contributed by atoms with Crippen LogP contribution in [-0.2, 0) is 14.8 Å². The van der Waals surface area contributed by atoms with E-state index in [0.717, 1.165) is 4.31 Å². The Morgan fingerprint density at radius 3 is 2.68 bits per heavy atom. The molecule has 0 unspecified atom stereocenters. The van der Waals surface area contributed by atoms with Gasteiger partial charge in [0.05, 0.1) is 11.1 Å². The molecule has 1 aromatic carbocycles. The molecule has 0 radical (unpaired) electrons. The zero-order chi connectivity index (χ0) is 16.2. The van der Waals surface area contributed by atoms with Crippen LogP contribution in [0.25, 0.3) is 11.3 Å². The van der Waals surface area contributed by atoms with E-state index in [1.165, 1.54) is 24.4 Å². The quantitative estimate of drug-likeness (QED) is 0.777. The molecule has 1 heterocycles. The van der Waals surface area contributed by atoms with Crippen LogP contribution in [0.1, 0.15) is 0 Å². The maximum atomic E-state index is 12.7. The number of hydrogen-bond donors (Lipinski definition) is 1. The molecule has 0 saturated carbocycles. The maximum absolute atomic E-state index is 12.7. The SMILES string of the molecule is C=CCN(CC(=O)O)S(=O)(=O)c1ccccc1-c1ccno1. The number of carboxylic acid groups (broad SMARTS) is 1. The van der Waals surface area contributed by atoms with Crippen molar-refractivity contribution in [3.05, 3.63) is 49.2 Å². The minimum atomic E-state index is -4.02. The minimum Gasteiger partial charge on any atom is -0.480 e. The van der Waals surface area contributed by atoms with E-state index in [0.29, 0.717) is 5.56 Å². The molecule has 0 aliphatic carbocycles. The monoisotopic (exact) mass is 322 g/mol. The van der Waals surface area contributed by atoms with Crippen molar-refractivity contribution in [2.24, 2.45) is 0 Å². The predicted octanol–water partition coefficient (Wildman–Crippen LogP) is 1.60. The van der Waals surface area contributed by atoms with Gasteiger partial charge in [0.15, 0.2) is 5.76 Å². The first-order chi connectivity index (χ1) is 10.5. The van der Waals surface area contributed by atoms with Gasteiger partial charge in [0.25, 0.3) is 0 Å². The summed E-state index contributed by atoms with van der Waals surface area (Å²) in [6.45, 7) is 2.69. The standard InChI is InChI=1S/C14H14N2O5S/c1-2-9-16(10-14(17)18)22(19,20)13-6-4-3-5-11(13)12-7-8-15-21-12/h2-8H,1,9-10H2,(H,17,18). The summed E-state index contributed by atoms with van der Waals surface area (Å²) >= 11 is 0. The molecule has 0 spiro atoms. The number of carbonyl (C=O) groups is 1. The third kappa shape index (κ3) is 3.23. The third-order valence-electron chi connectivity index (χ3n) is 2.85. The van der Waals surface area contributed by atoms with Crippen LogP contribution < -0.4 is 0 Å². The van der Waals surface area contributed by atoms with E-state index in [4.69, 9.17) is 9.63 Å². The van der Waals surface area contributed by atoms with Crippen LogP contribution in [0.15, 0.2) is 58.6 Å². The number of benzene rings is 1. The van der Waals surface area contributed by atoms with E-state index >= 15 is 0 Å². The Kier molecular flexibility index (Phi) is 4.74. The van der Waals surface area contributed by atoms with E-state index in [9.17, 15) is 13.2 Å². The Bertz CT molecular complexity index is 768. The van der Waals surface area contributed by atoms with Crippen molar-refractivity contribution >= 4 is 16.0 Å². The highest BCUT2D eigenvalue weighted by Crippen LogP contribution is 2.29.